The van der Waals surface area contributed by atoms with E-state index in [1.165, 1.54) is 83.7 Å². The van der Waals surface area contributed by atoms with Crippen molar-refractivity contribution in [1.82, 2.24) is 10.2 Å². The van der Waals surface area contributed by atoms with Crippen LogP contribution in [0.25, 0.3) is 0 Å². The van der Waals surface area contributed by atoms with E-state index < -0.39 is 18.3 Å². The van der Waals surface area contributed by atoms with Crippen molar-refractivity contribution in [2.75, 3.05) is 43.7 Å². The van der Waals surface area contributed by atoms with Crippen molar-refractivity contribution in [3.05, 3.63) is 59.7 Å². The topological polar surface area (TPSA) is 79.9 Å². The van der Waals surface area contributed by atoms with E-state index in [-0.39, 0.29) is 11.1 Å². The summed E-state index contributed by atoms with van der Waals surface area (Å²) in [6.07, 6.45) is 14.2. The summed E-state index contributed by atoms with van der Waals surface area (Å²) < 4.78 is 40.3. The summed E-state index contributed by atoms with van der Waals surface area (Å²) in [7, 11) is -5.62. The van der Waals surface area contributed by atoms with Crippen molar-refractivity contribution < 1.29 is 17.6 Å². The van der Waals surface area contributed by atoms with Crippen molar-refractivity contribution >= 4 is 24.0 Å². The minimum atomic E-state index is -3.51. The van der Waals surface area contributed by atoms with Crippen LogP contribution >= 0.6 is 0 Å². The van der Waals surface area contributed by atoms with E-state index >= 15 is 0 Å². The lowest BCUT2D eigenvalue weighted by molar-refractivity contribution is 0.180. The molecule has 254 valence electrons. The van der Waals surface area contributed by atoms with E-state index in [4.69, 9.17) is 9.16 Å². The SMILES string of the molecule is CC(C)(C)[Si](C)(C)O[C@@H](CNCCCCCCCCCN1CCCCC1)c1ccc(OCc2ccccc2)c(NS(C)(=O)=O)c1. The number of sulfonamides is 1. The van der Waals surface area contributed by atoms with Crippen molar-refractivity contribution in [3.63, 3.8) is 0 Å². The van der Waals surface area contributed by atoms with Gasteiger partial charge in [-0.25, -0.2) is 8.42 Å². The summed E-state index contributed by atoms with van der Waals surface area (Å²) in [4.78, 5) is 2.65. The first-order chi connectivity index (χ1) is 21.3. The molecule has 1 saturated heterocycles. The molecular formula is C36H61N3O4SSi. The molecule has 1 heterocycles. The number of nitrogens with zero attached hydrogens (tertiary/aromatic N) is 1. The smallest absolute Gasteiger partial charge is 0.229 e. The number of likely N-dealkylation sites (tertiary alicyclic amines) is 1. The first-order valence-corrected chi connectivity index (χ1v) is 22.0. The molecule has 0 amide bonds. The average molecular weight is 660 g/mol. The van der Waals surface area contributed by atoms with Gasteiger partial charge in [0, 0.05) is 6.54 Å². The largest absolute Gasteiger partial charge is 0.487 e. The molecule has 0 aromatic heterocycles. The molecule has 0 saturated carbocycles. The van der Waals surface area contributed by atoms with Crippen molar-refractivity contribution in [2.45, 2.75) is 116 Å². The first-order valence-electron chi connectivity index (χ1n) is 17.2. The van der Waals surface area contributed by atoms with Crippen molar-refractivity contribution in [2.24, 2.45) is 0 Å². The third-order valence-electron chi connectivity index (χ3n) is 9.26. The molecule has 0 spiro atoms. The van der Waals surface area contributed by atoms with Crippen LogP contribution in [0.4, 0.5) is 5.69 Å². The number of hydrogen-bond acceptors (Lipinski definition) is 6. The lowest BCUT2D eigenvalue weighted by Gasteiger charge is -2.39. The molecule has 45 heavy (non-hydrogen) atoms. The third-order valence-corrected chi connectivity index (χ3v) is 14.3. The number of nitrogens with one attached hydrogen (secondary N) is 2. The lowest BCUT2D eigenvalue weighted by Crippen LogP contribution is -2.43. The number of benzene rings is 2. The molecule has 1 aliphatic heterocycles. The summed E-state index contributed by atoms with van der Waals surface area (Å²) >= 11 is 0. The summed E-state index contributed by atoms with van der Waals surface area (Å²) in [5.41, 5.74) is 2.39. The highest BCUT2D eigenvalue weighted by Gasteiger charge is 2.39. The highest BCUT2D eigenvalue weighted by Crippen LogP contribution is 2.40. The fraction of sp³-hybridized carbons (Fsp3) is 0.667. The molecule has 1 atom stereocenters. The Labute approximate surface area is 276 Å². The molecule has 2 aromatic rings. The highest BCUT2D eigenvalue weighted by molar-refractivity contribution is 7.92. The monoisotopic (exact) mass is 659 g/mol. The summed E-state index contributed by atoms with van der Waals surface area (Å²) in [5, 5.41) is 3.70. The molecule has 1 fully saturated rings. The number of piperidine rings is 1. The predicted octanol–water partition coefficient (Wildman–Crippen LogP) is 8.51. The van der Waals surface area contributed by atoms with Gasteiger partial charge in [0.1, 0.15) is 12.4 Å². The molecule has 9 heteroatoms. The summed E-state index contributed by atoms with van der Waals surface area (Å²) in [6, 6.07) is 15.6. The van der Waals surface area contributed by atoms with Gasteiger partial charge < -0.3 is 19.4 Å². The van der Waals surface area contributed by atoms with E-state index in [9.17, 15) is 8.42 Å². The van der Waals surface area contributed by atoms with E-state index in [0.29, 0.717) is 24.6 Å². The number of ether oxygens (including phenoxy) is 1. The second-order valence-corrected chi connectivity index (χ2v) is 20.9. The number of anilines is 1. The molecule has 7 nitrogen and oxygen atoms in total. The second-order valence-electron chi connectivity index (χ2n) is 14.4. The maximum absolute atomic E-state index is 12.3. The zero-order valence-corrected chi connectivity index (χ0v) is 30.8. The fourth-order valence-electron chi connectivity index (χ4n) is 5.53. The van der Waals surface area contributed by atoms with Crippen LogP contribution in [0.15, 0.2) is 48.5 Å². The van der Waals surface area contributed by atoms with Crippen molar-refractivity contribution in [3.8, 4) is 5.75 Å². The van der Waals surface area contributed by atoms with Crippen LogP contribution in [0.1, 0.15) is 102 Å². The standard InChI is InChI=1S/C36H61N3O4SSi/c1-36(2,3)45(5,6)43-35(29-37-24-16-10-8-7-9-11-17-25-39-26-18-13-19-27-39)32-22-23-34(33(28-32)38-44(4,40)41)42-30-31-20-14-12-15-21-31/h12,14-15,20-23,28,35,37-38H,7-11,13,16-19,24-27,29-30H2,1-6H3/t35-/m0/s1. The van der Waals surface area contributed by atoms with E-state index in [1.54, 1.807) is 0 Å². The van der Waals surface area contributed by atoms with Gasteiger partial charge >= 0.3 is 0 Å². The number of rotatable bonds is 20. The van der Waals surface area contributed by atoms with E-state index in [0.717, 1.165) is 24.1 Å². The Kier molecular flexibility index (Phi) is 15.4. The zero-order valence-electron chi connectivity index (χ0n) is 29.0. The van der Waals surface area contributed by atoms with Crippen LogP contribution in [0.5, 0.6) is 5.75 Å². The second kappa shape index (κ2) is 18.4. The van der Waals surface area contributed by atoms with Crippen LogP contribution in [-0.2, 0) is 21.1 Å². The minimum Gasteiger partial charge on any atom is -0.487 e. The van der Waals surface area contributed by atoms with Gasteiger partial charge in [0.05, 0.1) is 18.0 Å². The summed E-state index contributed by atoms with van der Waals surface area (Å²) in [5.74, 6) is 0.499. The Morgan fingerprint density at radius 3 is 2.18 bits per heavy atom. The van der Waals surface area contributed by atoms with Gasteiger partial charge in [-0.3, -0.25) is 4.72 Å². The quantitative estimate of drug-likeness (QED) is 0.110. The maximum atomic E-state index is 12.3. The zero-order chi connectivity index (χ0) is 32.8. The Morgan fingerprint density at radius 1 is 0.889 bits per heavy atom. The van der Waals surface area contributed by atoms with Gasteiger partial charge in [-0.15, -0.1) is 0 Å². The fourth-order valence-corrected chi connectivity index (χ4v) is 7.38. The molecule has 0 unspecified atom stereocenters. The van der Waals surface area contributed by atoms with Gasteiger partial charge in [0.15, 0.2) is 8.32 Å². The van der Waals surface area contributed by atoms with Crippen molar-refractivity contribution in [1.29, 1.82) is 0 Å². The third kappa shape index (κ3) is 14.2. The van der Waals surface area contributed by atoms with Crippen LogP contribution in [0.3, 0.4) is 0 Å². The molecule has 0 bridgehead atoms. The van der Waals surface area contributed by atoms with E-state index in [1.807, 2.05) is 48.5 Å². The van der Waals surface area contributed by atoms with E-state index in [2.05, 4.69) is 48.8 Å². The summed E-state index contributed by atoms with van der Waals surface area (Å²) in [6.45, 7) is 17.1. The number of hydrogen-bond donors (Lipinski definition) is 2. The molecular weight excluding hydrogens is 599 g/mol. The Morgan fingerprint density at radius 2 is 1.53 bits per heavy atom. The van der Waals surface area contributed by atoms with Crippen LogP contribution in [-0.4, -0.2) is 60.6 Å². The molecule has 1 aliphatic rings. The Bertz CT molecular complexity index is 1230. The Balaban J connectivity index is 1.54. The van der Waals surface area contributed by atoms with Gasteiger partial charge in [-0.05, 0) is 93.3 Å². The molecule has 0 aliphatic carbocycles. The molecule has 2 N–H and O–H groups in total. The average Bonchev–Trinajstić information content (AvgIpc) is 2.98. The normalized spacial score (nSPS) is 15.6. The van der Waals surface area contributed by atoms with Gasteiger partial charge in [0.2, 0.25) is 10.0 Å². The number of unbranched alkanes of at least 4 members (excludes halogenated alkanes) is 6. The van der Waals surface area contributed by atoms with Gasteiger partial charge in [0.25, 0.3) is 0 Å². The van der Waals surface area contributed by atoms with Crippen LogP contribution < -0.4 is 14.8 Å². The Hall–Kier alpha value is -1.91. The lowest BCUT2D eigenvalue weighted by atomic mass is 10.1. The van der Waals surface area contributed by atoms with Crippen LogP contribution in [0, 0.1) is 0 Å². The maximum Gasteiger partial charge on any atom is 0.229 e. The van der Waals surface area contributed by atoms with Gasteiger partial charge in [-0.1, -0.05) is 95.7 Å². The molecule has 0 radical (unpaired) electrons. The van der Waals surface area contributed by atoms with Crippen LogP contribution in [0.2, 0.25) is 18.1 Å². The highest BCUT2D eigenvalue weighted by atomic mass is 32.2. The minimum absolute atomic E-state index is 0.0472. The first kappa shape index (κ1) is 37.5. The predicted molar refractivity (Wildman–Crippen MR) is 192 cm³/mol. The molecule has 3 rings (SSSR count). The molecule has 2 aromatic carbocycles. The van der Waals surface area contributed by atoms with Gasteiger partial charge in [-0.2, -0.15) is 0 Å².